The topological polar surface area (TPSA) is 103 Å². The Bertz CT molecular complexity index is 1460. The lowest BCUT2D eigenvalue weighted by molar-refractivity contribution is -0.162. The van der Waals surface area contributed by atoms with E-state index in [1.165, 1.54) is 0 Å². The third-order valence-corrected chi connectivity index (χ3v) is 7.99. The van der Waals surface area contributed by atoms with Crippen molar-refractivity contribution in [3.63, 3.8) is 0 Å². The van der Waals surface area contributed by atoms with Gasteiger partial charge in [-0.2, -0.15) is 0 Å². The fourth-order valence-electron chi connectivity index (χ4n) is 5.25. The van der Waals surface area contributed by atoms with E-state index in [-0.39, 0.29) is 18.4 Å². The first kappa shape index (κ1) is 33.6. The number of nitrogens with one attached hydrogen (secondary N) is 1. The van der Waals surface area contributed by atoms with Crippen molar-refractivity contribution < 1.29 is 33.3 Å². The molecule has 0 saturated carbocycles. The molecule has 1 N–H and O–H groups in total. The maximum absolute atomic E-state index is 13.7. The van der Waals surface area contributed by atoms with Crippen molar-refractivity contribution in [2.45, 2.75) is 57.6 Å². The summed E-state index contributed by atoms with van der Waals surface area (Å²) in [7, 11) is 3.15. The summed E-state index contributed by atoms with van der Waals surface area (Å²) < 4.78 is 22.4. The van der Waals surface area contributed by atoms with Crippen LogP contribution in [-0.2, 0) is 27.2 Å². The average molecular weight is 637 g/mol. The van der Waals surface area contributed by atoms with Gasteiger partial charge < -0.3 is 29.2 Å². The van der Waals surface area contributed by atoms with E-state index >= 15 is 0 Å². The van der Waals surface area contributed by atoms with Crippen molar-refractivity contribution in [3.05, 3.63) is 88.4 Å². The molecular weight excluding hydrogens is 596 g/mol. The lowest BCUT2D eigenvalue weighted by Gasteiger charge is -2.38. The molecule has 1 unspecified atom stereocenters. The number of carbonyl (C=O) groups excluding carboxylic acids is 3. The zero-order chi connectivity index (χ0) is 32.4. The van der Waals surface area contributed by atoms with Crippen molar-refractivity contribution >= 4 is 29.4 Å². The Morgan fingerprint density at radius 1 is 0.889 bits per heavy atom. The number of hydrogen-bond acceptors (Lipinski definition) is 7. The van der Waals surface area contributed by atoms with E-state index in [0.29, 0.717) is 60.2 Å². The quantitative estimate of drug-likeness (QED) is 0.242. The fourth-order valence-corrected chi connectivity index (χ4v) is 5.38. The number of carbonyl (C=O) groups is 3. The maximum Gasteiger partial charge on any atom is 0.328 e. The van der Waals surface area contributed by atoms with Crippen LogP contribution < -0.4 is 19.5 Å². The number of piperidine rings is 1. The highest BCUT2D eigenvalue weighted by atomic mass is 35.5. The van der Waals surface area contributed by atoms with E-state index in [4.69, 9.17) is 30.5 Å². The van der Waals surface area contributed by atoms with Gasteiger partial charge in [-0.25, -0.2) is 4.79 Å². The molecule has 2 amide bonds. The molecule has 1 heterocycles. The number of benzene rings is 3. The molecule has 10 heteroatoms. The summed E-state index contributed by atoms with van der Waals surface area (Å²) in [6, 6.07) is 19.1. The van der Waals surface area contributed by atoms with Gasteiger partial charge in [0.15, 0.2) is 17.1 Å². The van der Waals surface area contributed by atoms with Crippen LogP contribution in [0.4, 0.5) is 0 Å². The van der Waals surface area contributed by atoms with Crippen molar-refractivity contribution in [3.8, 4) is 17.2 Å². The lowest BCUT2D eigenvalue weighted by Crippen LogP contribution is -2.56. The van der Waals surface area contributed by atoms with E-state index < -0.39 is 17.6 Å². The normalized spacial score (nSPS) is 14.8. The van der Waals surface area contributed by atoms with E-state index in [0.717, 1.165) is 24.0 Å². The molecule has 3 aromatic carbocycles. The van der Waals surface area contributed by atoms with Gasteiger partial charge in [0.2, 0.25) is 0 Å². The van der Waals surface area contributed by atoms with Crippen LogP contribution in [0.3, 0.4) is 0 Å². The number of amides is 2. The molecule has 4 rings (SSSR count). The van der Waals surface area contributed by atoms with Gasteiger partial charge in [0.25, 0.3) is 11.8 Å². The number of methoxy groups -OCH3 is 2. The van der Waals surface area contributed by atoms with Gasteiger partial charge in [0.1, 0.15) is 11.8 Å². The highest BCUT2D eigenvalue weighted by molar-refractivity contribution is 6.30. The molecule has 1 saturated heterocycles. The number of likely N-dealkylation sites (tertiary alicyclic amines) is 1. The van der Waals surface area contributed by atoms with Crippen LogP contribution in [0.15, 0.2) is 66.7 Å². The monoisotopic (exact) mass is 636 g/mol. The Balaban J connectivity index is 1.28. The zero-order valence-electron chi connectivity index (χ0n) is 26.3. The van der Waals surface area contributed by atoms with E-state index in [2.05, 4.69) is 5.32 Å². The Hall–Kier alpha value is -4.24. The van der Waals surface area contributed by atoms with Gasteiger partial charge >= 0.3 is 5.97 Å². The Morgan fingerprint density at radius 3 is 2.27 bits per heavy atom. The molecule has 1 fully saturated rings. The van der Waals surface area contributed by atoms with E-state index in [9.17, 15) is 14.4 Å². The number of halogens is 1. The molecule has 9 nitrogen and oxygen atoms in total. The third kappa shape index (κ3) is 9.14. The summed E-state index contributed by atoms with van der Waals surface area (Å²) in [4.78, 5) is 40.8. The molecule has 240 valence electrons. The Labute approximate surface area is 269 Å². The van der Waals surface area contributed by atoms with Crippen LogP contribution in [0.1, 0.15) is 54.6 Å². The lowest BCUT2D eigenvalue weighted by atomic mass is 9.98. The number of esters is 1. The van der Waals surface area contributed by atoms with Gasteiger partial charge in [0.05, 0.1) is 20.8 Å². The van der Waals surface area contributed by atoms with Gasteiger partial charge in [-0.1, -0.05) is 29.8 Å². The van der Waals surface area contributed by atoms with E-state index in [1.54, 1.807) is 57.2 Å². The van der Waals surface area contributed by atoms with Crippen molar-refractivity contribution in [1.29, 1.82) is 0 Å². The fraction of sp³-hybridized carbons (Fsp3) is 0.400. The van der Waals surface area contributed by atoms with E-state index in [1.807, 2.05) is 42.5 Å². The molecule has 0 bridgehead atoms. The average Bonchev–Trinajstić information content (AvgIpc) is 3.05. The number of nitrogens with zero attached hydrogens (tertiary/aromatic N) is 1. The smallest absolute Gasteiger partial charge is 0.328 e. The third-order valence-electron chi connectivity index (χ3n) is 7.74. The van der Waals surface area contributed by atoms with Crippen LogP contribution in [0, 0.1) is 0 Å². The van der Waals surface area contributed by atoms with Gasteiger partial charge in [-0.05, 0) is 99.2 Å². The minimum Gasteiger partial charge on any atom is -0.493 e. The summed E-state index contributed by atoms with van der Waals surface area (Å²) >= 11 is 5.89. The second-order valence-electron chi connectivity index (χ2n) is 11.4. The van der Waals surface area contributed by atoms with Gasteiger partial charge in [-0.15, -0.1) is 0 Å². The van der Waals surface area contributed by atoms with Crippen molar-refractivity contribution in [1.82, 2.24) is 10.2 Å². The van der Waals surface area contributed by atoms with Crippen LogP contribution in [0.25, 0.3) is 0 Å². The molecule has 1 aliphatic heterocycles. The Kier molecular flexibility index (Phi) is 11.7. The molecule has 0 radical (unpaired) electrons. The van der Waals surface area contributed by atoms with Gasteiger partial charge in [-0.3, -0.25) is 9.59 Å². The molecule has 0 spiro atoms. The molecule has 1 aliphatic rings. The van der Waals surface area contributed by atoms with Crippen LogP contribution in [0.5, 0.6) is 17.2 Å². The summed E-state index contributed by atoms with van der Waals surface area (Å²) in [5.41, 5.74) is 1.30. The van der Waals surface area contributed by atoms with Crippen LogP contribution in [-0.4, -0.2) is 68.2 Å². The molecule has 0 aliphatic carbocycles. The zero-order valence-corrected chi connectivity index (χ0v) is 27.0. The first-order chi connectivity index (χ1) is 21.6. The molecule has 1 atom stereocenters. The number of ether oxygens (including phenoxy) is 4. The highest BCUT2D eigenvalue weighted by Gasteiger charge is 2.41. The van der Waals surface area contributed by atoms with Crippen molar-refractivity contribution in [2.24, 2.45) is 0 Å². The highest BCUT2D eigenvalue weighted by Crippen LogP contribution is 2.28. The predicted molar refractivity (Wildman–Crippen MR) is 172 cm³/mol. The molecule has 45 heavy (non-hydrogen) atoms. The summed E-state index contributed by atoms with van der Waals surface area (Å²) in [6.45, 7) is 4.53. The van der Waals surface area contributed by atoms with Gasteiger partial charge in [0, 0.05) is 30.1 Å². The minimum atomic E-state index is -1.20. The molecule has 3 aromatic rings. The summed E-state index contributed by atoms with van der Waals surface area (Å²) in [5, 5.41) is 3.48. The molecular formula is C35H41ClN2O7. The molecule has 0 aromatic heterocycles. The first-order valence-electron chi connectivity index (χ1n) is 15.1. The van der Waals surface area contributed by atoms with Crippen LogP contribution >= 0.6 is 11.6 Å². The maximum atomic E-state index is 13.7. The largest absolute Gasteiger partial charge is 0.493 e. The first-order valence-corrected chi connectivity index (χ1v) is 15.5. The second-order valence-corrected chi connectivity index (χ2v) is 11.8. The Morgan fingerprint density at radius 2 is 1.58 bits per heavy atom. The summed E-state index contributed by atoms with van der Waals surface area (Å²) in [5.74, 6) is 0.940. The standard InChI is InChI=1S/C35H41ClN2O7/c1-35(2,45-28-15-8-24(9-16-28)18-20-37-32(39)26-11-13-27(36)14-12-26)34(41)38-21-6-5-7-29(38)33(40)44-22-19-25-10-17-30(42-3)31(23-25)43-4/h8-17,23,29H,5-7,18-22H2,1-4H3,(H,37,39). The van der Waals surface area contributed by atoms with Crippen LogP contribution in [0.2, 0.25) is 5.02 Å². The second kappa shape index (κ2) is 15.7. The number of rotatable bonds is 13. The predicted octanol–water partition coefficient (Wildman–Crippen LogP) is 5.65. The number of hydrogen-bond donors (Lipinski definition) is 1. The SMILES string of the molecule is COc1ccc(CCOC(=O)C2CCCCN2C(=O)C(C)(C)Oc2ccc(CCNC(=O)c3ccc(Cl)cc3)cc2)cc1OC. The minimum absolute atomic E-state index is 0.162. The van der Waals surface area contributed by atoms with Crippen molar-refractivity contribution in [2.75, 3.05) is 33.9 Å². The summed E-state index contributed by atoms with van der Waals surface area (Å²) in [6.07, 6.45) is 3.32.